The Morgan fingerprint density at radius 1 is 0.941 bits per heavy atom. The zero-order valence-corrected chi connectivity index (χ0v) is 19.5. The van der Waals surface area contributed by atoms with E-state index in [-0.39, 0.29) is 11.6 Å². The van der Waals surface area contributed by atoms with Crippen LogP contribution in [0.3, 0.4) is 0 Å². The molecule has 1 aromatic heterocycles. The third-order valence-corrected chi connectivity index (χ3v) is 5.24. The molecule has 0 fully saturated rings. The van der Waals surface area contributed by atoms with Crippen molar-refractivity contribution in [1.29, 1.82) is 0 Å². The maximum atomic E-state index is 12.7. The van der Waals surface area contributed by atoms with Gasteiger partial charge in [-0.15, -0.1) is 5.10 Å². The van der Waals surface area contributed by atoms with E-state index < -0.39 is 12.6 Å². The van der Waals surface area contributed by atoms with Crippen LogP contribution in [0.2, 0.25) is 5.02 Å². The van der Waals surface area contributed by atoms with Crippen LogP contribution in [0, 0.1) is 6.92 Å². The van der Waals surface area contributed by atoms with Crippen LogP contribution in [-0.2, 0) is 4.74 Å². The molecule has 0 amide bonds. The minimum absolute atomic E-state index is 0.145. The largest absolute Gasteiger partial charge is 0.494 e. The Morgan fingerprint density at radius 2 is 1.62 bits per heavy atom. The smallest absolute Gasteiger partial charge is 0.378 e. The highest BCUT2D eigenvalue weighted by atomic mass is 35.5. The molecule has 4 aromatic rings. The zero-order valence-electron chi connectivity index (χ0n) is 18.7. The molecule has 0 aliphatic rings. The van der Waals surface area contributed by atoms with Gasteiger partial charge in [0.25, 0.3) is 5.82 Å². The number of aromatic nitrogens is 3. The number of rotatable bonds is 8. The van der Waals surface area contributed by atoms with Gasteiger partial charge in [0.1, 0.15) is 5.75 Å². The second-order valence-corrected chi connectivity index (χ2v) is 7.91. The van der Waals surface area contributed by atoms with Crippen molar-refractivity contribution in [1.82, 2.24) is 14.8 Å². The monoisotopic (exact) mass is 475 g/mol. The van der Waals surface area contributed by atoms with Crippen molar-refractivity contribution in [3.05, 3.63) is 94.8 Å². The molecule has 0 spiro atoms. The lowest BCUT2D eigenvalue weighted by atomic mass is 10.1. The van der Waals surface area contributed by atoms with E-state index in [0.29, 0.717) is 28.7 Å². The van der Waals surface area contributed by atoms with Gasteiger partial charge in [-0.05, 0) is 62.4 Å². The first-order valence-electron chi connectivity index (χ1n) is 10.7. The molecule has 3 aromatic carbocycles. The van der Waals surface area contributed by atoms with Crippen molar-refractivity contribution in [3.8, 4) is 22.8 Å². The molecule has 0 atom stereocenters. The number of Topliss-reactive ketones (excluding diaryl/α,β-unsaturated/α-hetero) is 1. The fraction of sp³-hybridized carbons (Fsp3) is 0.154. The first kappa shape index (κ1) is 23.2. The van der Waals surface area contributed by atoms with Crippen molar-refractivity contribution in [3.63, 3.8) is 0 Å². The Hall–Kier alpha value is -3.97. The molecule has 0 N–H and O–H groups in total. The van der Waals surface area contributed by atoms with Gasteiger partial charge < -0.3 is 9.47 Å². The van der Waals surface area contributed by atoms with Gasteiger partial charge in [0.15, 0.2) is 18.2 Å². The van der Waals surface area contributed by atoms with E-state index in [2.05, 4.69) is 10.1 Å². The van der Waals surface area contributed by atoms with Gasteiger partial charge in [-0.2, -0.15) is 0 Å². The summed E-state index contributed by atoms with van der Waals surface area (Å²) in [6.07, 6.45) is 0. The number of ketones is 1. The minimum atomic E-state index is -0.791. The van der Waals surface area contributed by atoms with Gasteiger partial charge in [0.2, 0.25) is 0 Å². The highest BCUT2D eigenvalue weighted by Gasteiger charge is 2.21. The fourth-order valence-electron chi connectivity index (χ4n) is 3.23. The van der Waals surface area contributed by atoms with Crippen molar-refractivity contribution in [2.75, 3.05) is 13.2 Å². The summed E-state index contributed by atoms with van der Waals surface area (Å²) in [7, 11) is 0. The Labute approximate surface area is 201 Å². The van der Waals surface area contributed by atoms with Crippen LogP contribution in [-0.4, -0.2) is 39.7 Å². The lowest BCUT2D eigenvalue weighted by Gasteiger charge is -2.08. The van der Waals surface area contributed by atoms with E-state index in [0.717, 1.165) is 16.9 Å². The summed E-state index contributed by atoms with van der Waals surface area (Å²) in [4.78, 5) is 29.5. The van der Waals surface area contributed by atoms with Crippen LogP contribution in [0.15, 0.2) is 72.8 Å². The van der Waals surface area contributed by atoms with E-state index >= 15 is 0 Å². The van der Waals surface area contributed by atoms with E-state index in [1.165, 1.54) is 0 Å². The zero-order chi connectivity index (χ0) is 24.1. The summed E-state index contributed by atoms with van der Waals surface area (Å²) in [5, 5.41) is 4.89. The predicted octanol–water partition coefficient (Wildman–Crippen LogP) is 5.33. The number of benzene rings is 3. The number of hydrogen-bond donors (Lipinski definition) is 0. The van der Waals surface area contributed by atoms with Crippen molar-refractivity contribution >= 4 is 23.4 Å². The number of aryl methyl sites for hydroxylation is 1. The number of halogens is 1. The molecule has 4 rings (SSSR count). The SMILES string of the molecule is CCOc1ccc(-n2nc(C(=O)OCC(=O)c3ccc(Cl)cc3)nc2-c2ccc(C)cc2)cc1. The number of carbonyl (C=O) groups excluding carboxylic acids is 2. The lowest BCUT2D eigenvalue weighted by Crippen LogP contribution is -2.15. The quantitative estimate of drug-likeness (QED) is 0.253. The maximum absolute atomic E-state index is 12.7. The molecule has 0 radical (unpaired) electrons. The van der Waals surface area contributed by atoms with Crippen LogP contribution in [0.25, 0.3) is 17.1 Å². The van der Waals surface area contributed by atoms with E-state index in [4.69, 9.17) is 21.1 Å². The number of hydrogen-bond acceptors (Lipinski definition) is 6. The normalized spacial score (nSPS) is 10.7. The predicted molar refractivity (Wildman–Crippen MR) is 129 cm³/mol. The van der Waals surface area contributed by atoms with Gasteiger partial charge in [-0.25, -0.2) is 14.5 Å². The summed E-state index contributed by atoms with van der Waals surface area (Å²) >= 11 is 5.85. The molecular formula is C26H22ClN3O4. The Kier molecular flexibility index (Phi) is 7.04. The van der Waals surface area contributed by atoms with Gasteiger partial charge in [-0.1, -0.05) is 41.4 Å². The van der Waals surface area contributed by atoms with Gasteiger partial charge in [0, 0.05) is 16.1 Å². The molecule has 0 aliphatic carbocycles. The highest BCUT2D eigenvalue weighted by Crippen LogP contribution is 2.23. The van der Waals surface area contributed by atoms with Crippen LogP contribution < -0.4 is 4.74 Å². The molecule has 0 unspecified atom stereocenters. The highest BCUT2D eigenvalue weighted by molar-refractivity contribution is 6.30. The van der Waals surface area contributed by atoms with Gasteiger partial charge in [0.05, 0.1) is 12.3 Å². The Morgan fingerprint density at radius 3 is 2.26 bits per heavy atom. The summed E-state index contributed by atoms with van der Waals surface area (Å²) in [6.45, 7) is 4.03. The summed E-state index contributed by atoms with van der Waals surface area (Å²) in [5.74, 6) is -0.0906. The Balaban J connectivity index is 1.60. The molecule has 0 saturated heterocycles. The summed E-state index contributed by atoms with van der Waals surface area (Å²) in [6, 6.07) is 21.4. The second kappa shape index (κ2) is 10.3. The number of nitrogens with zero attached hydrogens (tertiary/aromatic N) is 3. The van der Waals surface area contributed by atoms with Gasteiger partial charge in [-0.3, -0.25) is 4.79 Å². The molecule has 8 heteroatoms. The molecular weight excluding hydrogens is 454 g/mol. The summed E-state index contributed by atoms with van der Waals surface area (Å²) < 4.78 is 12.3. The third kappa shape index (κ3) is 5.32. The van der Waals surface area contributed by atoms with Crippen molar-refractivity contribution < 1.29 is 19.1 Å². The van der Waals surface area contributed by atoms with Crippen LogP contribution in [0.5, 0.6) is 5.75 Å². The Bertz CT molecular complexity index is 1300. The lowest BCUT2D eigenvalue weighted by molar-refractivity contribution is 0.0462. The second-order valence-electron chi connectivity index (χ2n) is 7.47. The van der Waals surface area contributed by atoms with Gasteiger partial charge >= 0.3 is 5.97 Å². The van der Waals surface area contributed by atoms with Crippen LogP contribution in [0.4, 0.5) is 0 Å². The molecule has 0 saturated carbocycles. The third-order valence-electron chi connectivity index (χ3n) is 4.99. The molecule has 1 heterocycles. The molecule has 172 valence electrons. The molecule has 0 aliphatic heterocycles. The van der Waals surface area contributed by atoms with E-state index in [1.54, 1.807) is 28.9 Å². The van der Waals surface area contributed by atoms with Crippen molar-refractivity contribution in [2.45, 2.75) is 13.8 Å². The van der Waals surface area contributed by atoms with E-state index in [1.807, 2.05) is 62.4 Å². The average molecular weight is 476 g/mol. The average Bonchev–Trinajstić information content (AvgIpc) is 3.29. The van der Waals surface area contributed by atoms with Crippen molar-refractivity contribution in [2.24, 2.45) is 0 Å². The maximum Gasteiger partial charge on any atom is 0.378 e. The number of esters is 1. The standard InChI is InChI=1S/C26H22ClN3O4/c1-3-33-22-14-12-21(13-15-22)30-25(19-6-4-17(2)5-7-19)28-24(29-30)26(32)34-16-23(31)18-8-10-20(27)11-9-18/h4-15H,3,16H2,1-2H3. The molecule has 0 bridgehead atoms. The van der Waals surface area contributed by atoms with E-state index in [9.17, 15) is 9.59 Å². The first-order chi connectivity index (χ1) is 16.4. The first-order valence-corrected chi connectivity index (χ1v) is 11.1. The summed E-state index contributed by atoms with van der Waals surface area (Å²) in [5.41, 5.74) is 2.97. The molecule has 7 nitrogen and oxygen atoms in total. The fourth-order valence-corrected chi connectivity index (χ4v) is 3.36. The number of ether oxygens (including phenoxy) is 2. The van der Waals surface area contributed by atoms with Crippen LogP contribution in [0.1, 0.15) is 33.5 Å². The topological polar surface area (TPSA) is 83.3 Å². The molecule has 34 heavy (non-hydrogen) atoms. The van der Waals surface area contributed by atoms with Crippen LogP contribution >= 0.6 is 11.6 Å². The number of carbonyl (C=O) groups is 2. The minimum Gasteiger partial charge on any atom is -0.494 e.